The molecule has 0 N–H and O–H groups in total. The van der Waals surface area contributed by atoms with Gasteiger partial charge in [-0.25, -0.2) is 0 Å². The Morgan fingerprint density at radius 3 is 1.48 bits per heavy atom. The Balaban J connectivity index is 1.78. The van der Waals surface area contributed by atoms with Crippen LogP contribution in [0.3, 0.4) is 0 Å². The summed E-state index contributed by atoms with van der Waals surface area (Å²) < 4.78 is 78.1. The molecule has 2 atom stereocenters. The van der Waals surface area contributed by atoms with Crippen molar-refractivity contribution in [3.05, 3.63) is 70.8 Å². The van der Waals surface area contributed by atoms with Crippen LogP contribution >= 0.6 is 0 Å². The molecule has 0 aliphatic heterocycles. The lowest BCUT2D eigenvalue weighted by atomic mass is 9.77. The molecule has 0 aromatic heterocycles. The van der Waals surface area contributed by atoms with Crippen LogP contribution in [0, 0.1) is 11.8 Å². The third-order valence-corrected chi connectivity index (χ3v) is 5.88. The highest BCUT2D eigenvalue weighted by Gasteiger charge is 2.33. The summed E-state index contributed by atoms with van der Waals surface area (Å²) in [6, 6.07) is 10.0. The minimum absolute atomic E-state index is 0.0606. The molecule has 31 heavy (non-hydrogen) atoms. The summed E-state index contributed by atoms with van der Waals surface area (Å²) in [5, 5.41) is 0. The van der Waals surface area contributed by atoms with E-state index in [1.165, 1.54) is 12.1 Å². The zero-order chi connectivity index (χ0) is 22.6. The number of hydrogen-bond acceptors (Lipinski definition) is 1. The monoisotopic (exact) mass is 442 g/mol. The van der Waals surface area contributed by atoms with Gasteiger partial charge < -0.3 is 0 Å². The van der Waals surface area contributed by atoms with Crippen molar-refractivity contribution in [1.82, 2.24) is 0 Å². The lowest BCUT2D eigenvalue weighted by Gasteiger charge is -2.26. The molecule has 2 unspecified atom stereocenters. The van der Waals surface area contributed by atoms with E-state index in [4.69, 9.17) is 0 Å². The molecule has 1 fully saturated rings. The van der Waals surface area contributed by atoms with Crippen LogP contribution < -0.4 is 0 Å². The normalized spacial score (nSPS) is 20.9. The third kappa shape index (κ3) is 6.34. The first-order valence-electron chi connectivity index (χ1n) is 10.4. The number of rotatable bonds is 4. The highest BCUT2D eigenvalue weighted by Crippen LogP contribution is 2.34. The standard InChI is InChI=1S/C24H24F6O/c25-23(26,27)20-10-4-6-16(14-20)12-18-8-2-1-3-9-19(22(18)31)13-17-7-5-11-21(15-17)24(28,29)30/h4-7,10-11,14-15,18-19H,1-3,8-9,12-13H2. The van der Waals surface area contributed by atoms with Gasteiger partial charge in [0.2, 0.25) is 0 Å². The molecule has 1 saturated carbocycles. The summed E-state index contributed by atoms with van der Waals surface area (Å²) >= 11 is 0. The van der Waals surface area contributed by atoms with Gasteiger partial charge >= 0.3 is 12.4 Å². The molecule has 168 valence electrons. The first kappa shape index (κ1) is 23.4. The molecule has 3 rings (SSSR count). The number of benzene rings is 2. The average Bonchev–Trinajstić information content (AvgIpc) is 2.69. The molecule has 2 aromatic rings. The summed E-state index contributed by atoms with van der Waals surface area (Å²) in [4.78, 5) is 13.2. The SMILES string of the molecule is O=C1C(Cc2cccc(C(F)(F)F)c2)CCCCCC1Cc1cccc(C(F)(F)F)c1. The molecule has 1 nitrogen and oxygen atoms in total. The van der Waals surface area contributed by atoms with Crippen LogP contribution in [0.15, 0.2) is 48.5 Å². The maximum Gasteiger partial charge on any atom is 0.416 e. The van der Waals surface area contributed by atoms with Crippen LogP contribution in [-0.2, 0) is 30.0 Å². The maximum absolute atomic E-state index is 13.2. The zero-order valence-electron chi connectivity index (χ0n) is 16.9. The summed E-state index contributed by atoms with van der Waals surface area (Å²) in [5.41, 5.74) is -0.592. The number of carbonyl (C=O) groups excluding carboxylic acids is 1. The largest absolute Gasteiger partial charge is 0.416 e. The van der Waals surface area contributed by atoms with E-state index in [1.54, 1.807) is 12.1 Å². The lowest BCUT2D eigenvalue weighted by molar-refractivity contribution is -0.138. The predicted molar refractivity (Wildman–Crippen MR) is 105 cm³/mol. The van der Waals surface area contributed by atoms with Gasteiger partial charge in [-0.15, -0.1) is 0 Å². The van der Waals surface area contributed by atoms with Gasteiger partial charge in [0, 0.05) is 11.8 Å². The van der Waals surface area contributed by atoms with Crippen molar-refractivity contribution < 1.29 is 31.1 Å². The first-order valence-corrected chi connectivity index (χ1v) is 10.4. The molecule has 1 aliphatic rings. The average molecular weight is 442 g/mol. The van der Waals surface area contributed by atoms with Gasteiger partial charge in [0.05, 0.1) is 11.1 Å². The van der Waals surface area contributed by atoms with Crippen LogP contribution in [0.4, 0.5) is 26.3 Å². The number of halogens is 6. The van der Waals surface area contributed by atoms with E-state index in [9.17, 15) is 31.1 Å². The third-order valence-electron chi connectivity index (χ3n) is 5.88. The second kappa shape index (κ2) is 9.45. The minimum atomic E-state index is -4.45. The lowest BCUT2D eigenvalue weighted by Crippen LogP contribution is -2.28. The van der Waals surface area contributed by atoms with Gasteiger partial charge in [-0.2, -0.15) is 26.3 Å². The van der Waals surface area contributed by atoms with Crippen molar-refractivity contribution in [2.24, 2.45) is 11.8 Å². The van der Waals surface area contributed by atoms with Crippen LogP contribution in [0.2, 0.25) is 0 Å². The van der Waals surface area contributed by atoms with E-state index in [2.05, 4.69) is 0 Å². The van der Waals surface area contributed by atoms with E-state index >= 15 is 0 Å². The highest BCUT2D eigenvalue weighted by atomic mass is 19.4. The summed E-state index contributed by atoms with van der Waals surface area (Å²) in [6.45, 7) is 0. The fourth-order valence-corrected chi connectivity index (χ4v) is 4.30. The Bertz CT molecular complexity index is 828. The number of alkyl halides is 6. The van der Waals surface area contributed by atoms with Crippen molar-refractivity contribution >= 4 is 5.78 Å². The molecule has 7 heteroatoms. The van der Waals surface area contributed by atoms with E-state index in [1.807, 2.05) is 0 Å². The molecule has 0 spiro atoms. The Labute approximate surface area is 177 Å². The zero-order valence-corrected chi connectivity index (χ0v) is 16.9. The molecule has 0 bridgehead atoms. The summed E-state index contributed by atoms with van der Waals surface area (Å²) in [7, 11) is 0. The topological polar surface area (TPSA) is 17.1 Å². The van der Waals surface area contributed by atoms with Crippen LogP contribution in [0.5, 0.6) is 0 Å². The second-order valence-corrected chi connectivity index (χ2v) is 8.24. The Hall–Kier alpha value is -2.31. The highest BCUT2D eigenvalue weighted by molar-refractivity contribution is 5.84. The van der Waals surface area contributed by atoms with Gasteiger partial charge in [0.1, 0.15) is 5.78 Å². The van der Waals surface area contributed by atoms with Gasteiger partial charge in [-0.05, 0) is 48.9 Å². The van der Waals surface area contributed by atoms with Crippen LogP contribution in [-0.4, -0.2) is 5.78 Å². The number of carbonyl (C=O) groups is 1. The maximum atomic E-state index is 13.2. The van der Waals surface area contributed by atoms with E-state index in [0.29, 0.717) is 24.0 Å². The Morgan fingerprint density at radius 1 is 0.677 bits per heavy atom. The Morgan fingerprint density at radius 2 is 1.10 bits per heavy atom. The molecule has 0 amide bonds. The van der Waals surface area contributed by atoms with Gasteiger partial charge in [-0.3, -0.25) is 4.79 Å². The molecule has 0 radical (unpaired) electrons. The van der Waals surface area contributed by atoms with Gasteiger partial charge in [0.15, 0.2) is 0 Å². The van der Waals surface area contributed by atoms with Crippen molar-refractivity contribution in [1.29, 1.82) is 0 Å². The van der Waals surface area contributed by atoms with E-state index < -0.39 is 35.3 Å². The molecular weight excluding hydrogens is 418 g/mol. The number of hydrogen-bond donors (Lipinski definition) is 0. The molecule has 0 saturated heterocycles. The number of ketones is 1. The molecule has 1 aliphatic carbocycles. The minimum Gasteiger partial charge on any atom is -0.299 e. The van der Waals surface area contributed by atoms with E-state index in [-0.39, 0.29) is 18.6 Å². The smallest absolute Gasteiger partial charge is 0.299 e. The fourth-order valence-electron chi connectivity index (χ4n) is 4.30. The number of Topliss-reactive ketones (excluding diaryl/α,β-unsaturated/α-hetero) is 1. The molecule has 0 heterocycles. The van der Waals surface area contributed by atoms with Crippen molar-refractivity contribution in [3.8, 4) is 0 Å². The van der Waals surface area contributed by atoms with Crippen LogP contribution in [0.1, 0.15) is 54.4 Å². The van der Waals surface area contributed by atoms with Gasteiger partial charge in [-0.1, -0.05) is 55.7 Å². The Kier molecular flexibility index (Phi) is 7.12. The van der Waals surface area contributed by atoms with Crippen molar-refractivity contribution in [2.75, 3.05) is 0 Å². The molecular formula is C24H24F6O. The quantitative estimate of drug-likeness (QED) is 0.455. The van der Waals surface area contributed by atoms with E-state index in [0.717, 1.165) is 43.5 Å². The van der Waals surface area contributed by atoms with Crippen LogP contribution in [0.25, 0.3) is 0 Å². The van der Waals surface area contributed by atoms with Crippen molar-refractivity contribution in [2.45, 2.75) is 57.3 Å². The fraction of sp³-hybridized carbons (Fsp3) is 0.458. The summed E-state index contributed by atoms with van der Waals surface area (Å²) in [5.74, 6) is -0.923. The van der Waals surface area contributed by atoms with Crippen molar-refractivity contribution in [3.63, 3.8) is 0 Å². The first-order chi connectivity index (χ1) is 14.5. The van der Waals surface area contributed by atoms with Gasteiger partial charge in [0.25, 0.3) is 0 Å². The second-order valence-electron chi connectivity index (χ2n) is 8.24. The summed E-state index contributed by atoms with van der Waals surface area (Å²) in [6.07, 6.45) is -4.81. The predicted octanol–water partition coefficient (Wildman–Crippen LogP) is 7.28. The molecule has 2 aromatic carbocycles.